The Morgan fingerprint density at radius 3 is 2.35 bits per heavy atom. The quantitative estimate of drug-likeness (QED) is 0.630. The lowest BCUT2D eigenvalue weighted by molar-refractivity contribution is 0.387. The molecule has 2 aromatic carbocycles. The van der Waals surface area contributed by atoms with Crippen LogP contribution in [-0.2, 0) is 10.1 Å². The molecular formula is C14H8F3NO4S. The van der Waals surface area contributed by atoms with E-state index < -0.39 is 32.5 Å². The highest BCUT2D eigenvalue weighted by molar-refractivity contribution is 7.87. The van der Waals surface area contributed by atoms with Crippen LogP contribution in [0.4, 0.5) is 13.2 Å². The minimum atomic E-state index is -4.78. The minimum Gasteiger partial charge on any atom is -0.493 e. The average molecular weight is 343 g/mol. The Bertz CT molecular complexity index is 907. The minimum absolute atomic E-state index is 0.101. The van der Waals surface area contributed by atoms with E-state index in [0.29, 0.717) is 12.1 Å². The molecule has 0 saturated carbocycles. The average Bonchev–Trinajstić information content (AvgIpc) is 2.52. The van der Waals surface area contributed by atoms with Gasteiger partial charge in [-0.2, -0.15) is 13.7 Å². The van der Waals surface area contributed by atoms with Crippen molar-refractivity contribution in [2.75, 3.05) is 7.11 Å². The van der Waals surface area contributed by atoms with E-state index >= 15 is 0 Å². The van der Waals surface area contributed by atoms with Gasteiger partial charge < -0.3 is 8.92 Å². The third-order valence-electron chi connectivity index (χ3n) is 2.76. The molecule has 2 aromatic rings. The predicted octanol–water partition coefficient (Wildman–Crippen LogP) is 2.75. The summed E-state index contributed by atoms with van der Waals surface area (Å²) in [6.07, 6.45) is 0. The van der Waals surface area contributed by atoms with E-state index in [0.717, 1.165) is 6.07 Å². The molecule has 23 heavy (non-hydrogen) atoms. The lowest BCUT2D eigenvalue weighted by atomic mass is 10.2. The second-order valence-electron chi connectivity index (χ2n) is 4.19. The van der Waals surface area contributed by atoms with E-state index in [1.165, 1.54) is 19.2 Å². The molecule has 2 rings (SSSR count). The molecule has 0 unspecified atom stereocenters. The number of halogens is 3. The highest BCUT2D eigenvalue weighted by Crippen LogP contribution is 2.31. The molecule has 0 aliphatic rings. The topological polar surface area (TPSA) is 76.4 Å². The van der Waals surface area contributed by atoms with Crippen molar-refractivity contribution in [2.24, 2.45) is 0 Å². The van der Waals surface area contributed by atoms with Gasteiger partial charge >= 0.3 is 10.1 Å². The van der Waals surface area contributed by atoms with Crippen LogP contribution in [0.3, 0.4) is 0 Å². The van der Waals surface area contributed by atoms with Crippen molar-refractivity contribution in [1.82, 2.24) is 0 Å². The molecule has 0 amide bonds. The van der Waals surface area contributed by atoms with E-state index in [1.807, 2.05) is 6.07 Å². The van der Waals surface area contributed by atoms with Gasteiger partial charge in [0.2, 0.25) is 0 Å². The summed E-state index contributed by atoms with van der Waals surface area (Å²) in [6, 6.07) is 6.38. The van der Waals surface area contributed by atoms with Gasteiger partial charge in [-0.25, -0.2) is 13.2 Å². The number of nitriles is 1. The Hall–Kier alpha value is -2.73. The monoisotopic (exact) mass is 343 g/mol. The zero-order valence-electron chi connectivity index (χ0n) is 11.5. The molecule has 0 aromatic heterocycles. The molecule has 9 heteroatoms. The van der Waals surface area contributed by atoms with Crippen LogP contribution >= 0.6 is 0 Å². The Kier molecular flexibility index (Phi) is 4.47. The largest absolute Gasteiger partial charge is 0.493 e. The molecule has 0 saturated heterocycles. The van der Waals surface area contributed by atoms with Gasteiger partial charge in [0.05, 0.1) is 18.7 Å². The van der Waals surface area contributed by atoms with Crippen LogP contribution in [-0.4, -0.2) is 15.5 Å². The summed E-state index contributed by atoms with van der Waals surface area (Å²) in [5, 5.41) is 8.76. The maximum absolute atomic E-state index is 13.6. The Morgan fingerprint density at radius 1 is 1.04 bits per heavy atom. The molecule has 0 aliphatic carbocycles. The van der Waals surface area contributed by atoms with Crippen molar-refractivity contribution in [3.63, 3.8) is 0 Å². The zero-order chi connectivity index (χ0) is 17.2. The summed E-state index contributed by atoms with van der Waals surface area (Å²) < 4.78 is 73.3. The summed E-state index contributed by atoms with van der Waals surface area (Å²) in [4.78, 5) is -1.16. The van der Waals surface area contributed by atoms with Crippen LogP contribution in [0.15, 0.2) is 35.2 Å². The lowest BCUT2D eigenvalue weighted by Crippen LogP contribution is -2.13. The van der Waals surface area contributed by atoms with Crippen molar-refractivity contribution >= 4 is 10.1 Å². The highest BCUT2D eigenvalue weighted by Gasteiger charge is 2.27. The molecule has 0 fully saturated rings. The molecule has 0 N–H and O–H groups in total. The fourth-order valence-electron chi connectivity index (χ4n) is 1.67. The number of hydrogen-bond acceptors (Lipinski definition) is 5. The second kappa shape index (κ2) is 6.18. The van der Waals surface area contributed by atoms with Gasteiger partial charge in [-0.15, -0.1) is 0 Å². The van der Waals surface area contributed by atoms with Gasteiger partial charge in [0.15, 0.2) is 29.0 Å². The molecular weight excluding hydrogens is 335 g/mol. The Labute approximate surface area is 129 Å². The van der Waals surface area contributed by atoms with Crippen LogP contribution in [0.2, 0.25) is 0 Å². The summed E-state index contributed by atoms with van der Waals surface area (Å²) in [5.41, 5.74) is 0.172. The van der Waals surface area contributed by atoms with Crippen molar-refractivity contribution in [3.05, 3.63) is 53.3 Å². The molecule has 0 spiro atoms. The maximum atomic E-state index is 13.6. The standard InChI is InChI=1S/C14H8F3NO4S/c1-21-11-6-8(7-18)2-4-10(11)22-23(19,20)12-5-3-9(15)13(16)14(12)17/h2-6H,1H3. The first kappa shape index (κ1) is 16.6. The fourth-order valence-corrected chi connectivity index (χ4v) is 2.68. The van der Waals surface area contributed by atoms with Gasteiger partial charge in [-0.05, 0) is 24.3 Å². The van der Waals surface area contributed by atoms with Crippen molar-refractivity contribution in [2.45, 2.75) is 4.90 Å². The maximum Gasteiger partial charge on any atom is 0.342 e. The lowest BCUT2D eigenvalue weighted by Gasteiger charge is -2.11. The third-order valence-corrected chi connectivity index (χ3v) is 4.01. The molecule has 120 valence electrons. The smallest absolute Gasteiger partial charge is 0.342 e. The number of ether oxygens (including phenoxy) is 1. The second-order valence-corrected chi connectivity index (χ2v) is 5.70. The first-order chi connectivity index (χ1) is 10.8. The number of rotatable bonds is 4. The SMILES string of the molecule is COc1cc(C#N)ccc1OS(=O)(=O)c1ccc(F)c(F)c1F. The van der Waals surface area contributed by atoms with Crippen LogP contribution < -0.4 is 8.92 Å². The van der Waals surface area contributed by atoms with E-state index in [4.69, 9.17) is 14.2 Å². The highest BCUT2D eigenvalue weighted by atomic mass is 32.2. The molecule has 0 atom stereocenters. The number of nitrogens with zero attached hydrogens (tertiary/aromatic N) is 1. The molecule has 0 bridgehead atoms. The van der Waals surface area contributed by atoms with Gasteiger partial charge in [0, 0.05) is 6.07 Å². The fraction of sp³-hybridized carbons (Fsp3) is 0.0714. The first-order valence-electron chi connectivity index (χ1n) is 5.96. The summed E-state index contributed by atoms with van der Waals surface area (Å²) in [7, 11) is -3.58. The Balaban J connectivity index is 2.48. The third kappa shape index (κ3) is 3.22. The summed E-state index contributed by atoms with van der Waals surface area (Å²) >= 11 is 0. The Morgan fingerprint density at radius 2 is 1.74 bits per heavy atom. The van der Waals surface area contributed by atoms with Crippen LogP contribution in [0.25, 0.3) is 0 Å². The van der Waals surface area contributed by atoms with Crippen molar-refractivity contribution in [1.29, 1.82) is 5.26 Å². The van der Waals surface area contributed by atoms with Crippen molar-refractivity contribution < 1.29 is 30.5 Å². The van der Waals surface area contributed by atoms with Gasteiger partial charge in [-0.1, -0.05) is 0 Å². The predicted molar refractivity (Wildman–Crippen MR) is 71.8 cm³/mol. The first-order valence-corrected chi connectivity index (χ1v) is 7.37. The molecule has 5 nitrogen and oxygen atoms in total. The van der Waals surface area contributed by atoms with Gasteiger partial charge in [0.1, 0.15) is 4.90 Å². The summed E-state index contributed by atoms with van der Waals surface area (Å²) in [6.45, 7) is 0. The normalized spacial score (nSPS) is 10.9. The van der Waals surface area contributed by atoms with Crippen LogP contribution in [0, 0.1) is 28.8 Å². The van der Waals surface area contributed by atoms with Crippen molar-refractivity contribution in [3.8, 4) is 17.6 Å². The molecule has 0 heterocycles. The van der Waals surface area contributed by atoms with Crippen LogP contribution in [0.1, 0.15) is 5.56 Å². The van der Waals surface area contributed by atoms with Gasteiger partial charge in [0.25, 0.3) is 0 Å². The summed E-state index contributed by atoms with van der Waals surface area (Å²) in [5.74, 6) is -5.79. The zero-order valence-corrected chi connectivity index (χ0v) is 12.3. The van der Waals surface area contributed by atoms with Gasteiger partial charge in [-0.3, -0.25) is 0 Å². The van der Waals surface area contributed by atoms with E-state index in [9.17, 15) is 21.6 Å². The molecule has 0 aliphatic heterocycles. The number of methoxy groups -OCH3 is 1. The number of benzene rings is 2. The van der Waals surface area contributed by atoms with E-state index in [2.05, 4.69) is 0 Å². The van der Waals surface area contributed by atoms with E-state index in [1.54, 1.807) is 0 Å². The van der Waals surface area contributed by atoms with E-state index in [-0.39, 0.29) is 17.1 Å². The van der Waals surface area contributed by atoms with Crippen LogP contribution in [0.5, 0.6) is 11.5 Å². The number of hydrogen-bond donors (Lipinski definition) is 0. The molecule has 0 radical (unpaired) electrons.